The van der Waals surface area contributed by atoms with Crippen molar-refractivity contribution in [2.24, 2.45) is 0 Å². The predicted molar refractivity (Wildman–Crippen MR) is 69.1 cm³/mol. The number of aromatic nitrogens is 1. The van der Waals surface area contributed by atoms with E-state index in [9.17, 15) is 15.0 Å². The maximum atomic E-state index is 11.6. The van der Waals surface area contributed by atoms with E-state index in [1.165, 1.54) is 17.4 Å². The summed E-state index contributed by atoms with van der Waals surface area (Å²) in [4.78, 5) is 15.8. The molecule has 3 N–H and O–H groups in total. The zero-order valence-corrected chi connectivity index (χ0v) is 10.9. The van der Waals surface area contributed by atoms with Gasteiger partial charge in [0.25, 0.3) is 0 Å². The van der Waals surface area contributed by atoms with Crippen molar-refractivity contribution in [3.05, 3.63) is 22.2 Å². The molecule has 1 aromatic heterocycles. The Morgan fingerprint density at radius 1 is 1.56 bits per heavy atom. The molecule has 1 aliphatic carbocycles. The van der Waals surface area contributed by atoms with E-state index in [1.807, 2.05) is 12.3 Å². The summed E-state index contributed by atoms with van der Waals surface area (Å²) in [5, 5.41) is 24.5. The van der Waals surface area contributed by atoms with Crippen molar-refractivity contribution in [1.29, 1.82) is 0 Å². The third-order valence-electron chi connectivity index (χ3n) is 2.95. The molecule has 1 amide bonds. The summed E-state index contributed by atoms with van der Waals surface area (Å²) in [6.07, 6.45) is 2.53. The fraction of sp³-hybridized carbons (Fsp3) is 0.500. The number of rotatable bonds is 3. The zero-order valence-electron chi connectivity index (χ0n) is 10.0. The molecule has 0 bridgehead atoms. The van der Waals surface area contributed by atoms with E-state index in [-0.39, 0.29) is 11.9 Å². The molecule has 1 heterocycles. The van der Waals surface area contributed by atoms with Gasteiger partial charge in [-0.25, -0.2) is 4.98 Å². The Hall–Kier alpha value is -1.24. The molecule has 1 saturated carbocycles. The van der Waals surface area contributed by atoms with Crippen LogP contribution >= 0.6 is 11.3 Å². The highest BCUT2D eigenvalue weighted by Crippen LogP contribution is 2.19. The van der Waals surface area contributed by atoms with Crippen LogP contribution in [-0.4, -0.2) is 39.4 Å². The number of nitrogens with zero attached hydrogens (tertiary/aromatic N) is 1. The Balaban J connectivity index is 1.87. The Bertz CT molecular complexity index is 458. The highest BCUT2D eigenvalue weighted by molar-refractivity contribution is 7.09. The van der Waals surface area contributed by atoms with Gasteiger partial charge in [-0.1, -0.05) is 0 Å². The molecule has 5 nitrogen and oxygen atoms in total. The molecule has 3 atom stereocenters. The fourth-order valence-corrected chi connectivity index (χ4v) is 2.55. The lowest BCUT2D eigenvalue weighted by Gasteiger charge is -2.16. The van der Waals surface area contributed by atoms with Crippen LogP contribution in [0, 0.1) is 6.92 Å². The summed E-state index contributed by atoms with van der Waals surface area (Å²) in [5.74, 6) is -0.279. The van der Waals surface area contributed by atoms with Gasteiger partial charge in [-0.2, -0.15) is 0 Å². The average molecular weight is 268 g/mol. The zero-order chi connectivity index (χ0) is 13.1. The summed E-state index contributed by atoms with van der Waals surface area (Å²) >= 11 is 1.52. The molecule has 1 aromatic rings. The summed E-state index contributed by atoms with van der Waals surface area (Å²) in [5.41, 5.74) is 0.750. The van der Waals surface area contributed by atoms with Gasteiger partial charge in [-0.05, 0) is 25.8 Å². The van der Waals surface area contributed by atoms with Gasteiger partial charge in [0.2, 0.25) is 5.91 Å². The van der Waals surface area contributed by atoms with Crippen LogP contribution in [0.1, 0.15) is 23.5 Å². The highest BCUT2D eigenvalue weighted by atomic mass is 32.1. The van der Waals surface area contributed by atoms with Crippen LogP contribution < -0.4 is 5.32 Å². The first-order valence-corrected chi connectivity index (χ1v) is 6.71. The van der Waals surface area contributed by atoms with Crippen molar-refractivity contribution in [2.45, 2.75) is 38.0 Å². The molecule has 0 aromatic carbocycles. The first-order valence-electron chi connectivity index (χ1n) is 5.83. The van der Waals surface area contributed by atoms with Crippen molar-refractivity contribution in [1.82, 2.24) is 10.3 Å². The van der Waals surface area contributed by atoms with Crippen LogP contribution in [0.4, 0.5) is 0 Å². The Morgan fingerprint density at radius 2 is 2.33 bits per heavy atom. The van der Waals surface area contributed by atoms with Gasteiger partial charge < -0.3 is 15.5 Å². The molecule has 0 spiro atoms. The third kappa shape index (κ3) is 3.16. The van der Waals surface area contributed by atoms with E-state index in [4.69, 9.17) is 0 Å². The molecule has 6 heteroatoms. The molecule has 1 aliphatic rings. The number of thiazole rings is 1. The molecule has 0 saturated heterocycles. The summed E-state index contributed by atoms with van der Waals surface area (Å²) in [6, 6.07) is -0.366. The molecule has 0 radical (unpaired) electrons. The van der Waals surface area contributed by atoms with Gasteiger partial charge in [-0.3, -0.25) is 4.79 Å². The van der Waals surface area contributed by atoms with Crippen LogP contribution in [0.5, 0.6) is 0 Å². The Labute approximate surface area is 109 Å². The van der Waals surface area contributed by atoms with Crippen LogP contribution in [0.25, 0.3) is 6.08 Å². The normalized spacial score (nSPS) is 27.8. The smallest absolute Gasteiger partial charge is 0.244 e. The van der Waals surface area contributed by atoms with Crippen LogP contribution in [0.15, 0.2) is 11.5 Å². The predicted octanol–water partition coefficient (Wildman–Crippen LogP) is 0.465. The van der Waals surface area contributed by atoms with Gasteiger partial charge >= 0.3 is 0 Å². The van der Waals surface area contributed by atoms with Gasteiger partial charge in [0.05, 0.1) is 22.8 Å². The molecule has 0 aliphatic heterocycles. The molecule has 98 valence electrons. The first-order chi connectivity index (χ1) is 8.56. The Kier molecular flexibility index (Phi) is 4.11. The molecular formula is C12H16N2O3S. The van der Waals surface area contributed by atoms with Crippen molar-refractivity contribution in [3.63, 3.8) is 0 Å². The van der Waals surface area contributed by atoms with E-state index >= 15 is 0 Å². The first kappa shape index (κ1) is 13.2. The fourth-order valence-electron chi connectivity index (χ4n) is 1.97. The number of aliphatic hydroxyl groups excluding tert-OH is 2. The molecule has 18 heavy (non-hydrogen) atoms. The lowest BCUT2D eigenvalue weighted by atomic mass is 10.2. The number of amides is 1. The van der Waals surface area contributed by atoms with Crippen molar-refractivity contribution >= 4 is 23.3 Å². The summed E-state index contributed by atoms with van der Waals surface area (Å²) in [6.45, 7) is 1.90. The second-order valence-electron chi connectivity index (χ2n) is 4.38. The number of aliphatic hydroxyl groups is 2. The SMILES string of the molecule is Cc1nc(/C=C/C(=O)N[C@@H]2CC[C@@H](O)[C@@H]2O)cs1. The molecule has 1 fully saturated rings. The second kappa shape index (κ2) is 5.60. The van der Waals surface area contributed by atoms with Gasteiger partial charge in [0, 0.05) is 11.5 Å². The van der Waals surface area contributed by atoms with Crippen LogP contribution in [-0.2, 0) is 4.79 Å². The maximum absolute atomic E-state index is 11.6. The lowest BCUT2D eigenvalue weighted by molar-refractivity contribution is -0.118. The van der Waals surface area contributed by atoms with Gasteiger partial charge in [0.15, 0.2) is 0 Å². The third-order valence-corrected chi connectivity index (χ3v) is 3.74. The standard InChI is InChI=1S/C12H16N2O3S/c1-7-13-8(6-18-7)2-5-11(16)14-9-3-4-10(15)12(9)17/h2,5-6,9-10,12,15,17H,3-4H2,1H3,(H,14,16)/b5-2+/t9-,10-,12-/m1/s1. The Morgan fingerprint density at radius 3 is 2.89 bits per heavy atom. The number of nitrogens with one attached hydrogen (secondary N) is 1. The quantitative estimate of drug-likeness (QED) is 0.696. The summed E-state index contributed by atoms with van der Waals surface area (Å²) < 4.78 is 0. The van der Waals surface area contributed by atoms with E-state index in [2.05, 4.69) is 10.3 Å². The van der Waals surface area contributed by atoms with Crippen molar-refractivity contribution < 1.29 is 15.0 Å². The van der Waals surface area contributed by atoms with E-state index in [0.717, 1.165) is 10.7 Å². The minimum absolute atomic E-state index is 0.279. The number of carbonyl (C=O) groups is 1. The monoisotopic (exact) mass is 268 g/mol. The minimum Gasteiger partial charge on any atom is -0.390 e. The number of carbonyl (C=O) groups excluding carboxylic acids is 1. The average Bonchev–Trinajstić information content (AvgIpc) is 2.88. The van der Waals surface area contributed by atoms with Crippen molar-refractivity contribution in [3.8, 4) is 0 Å². The number of aryl methyl sites for hydroxylation is 1. The van der Waals surface area contributed by atoms with Gasteiger partial charge in [0.1, 0.15) is 6.10 Å². The molecule has 0 unspecified atom stereocenters. The lowest BCUT2D eigenvalue weighted by Crippen LogP contribution is -2.42. The molecular weight excluding hydrogens is 252 g/mol. The summed E-state index contributed by atoms with van der Waals surface area (Å²) in [7, 11) is 0. The van der Waals surface area contributed by atoms with Gasteiger partial charge in [-0.15, -0.1) is 11.3 Å². The van der Waals surface area contributed by atoms with Crippen molar-refractivity contribution in [2.75, 3.05) is 0 Å². The number of hydrogen-bond acceptors (Lipinski definition) is 5. The minimum atomic E-state index is -0.871. The second-order valence-corrected chi connectivity index (χ2v) is 5.44. The maximum Gasteiger partial charge on any atom is 0.244 e. The number of hydrogen-bond donors (Lipinski definition) is 3. The van der Waals surface area contributed by atoms with E-state index < -0.39 is 12.2 Å². The van der Waals surface area contributed by atoms with Crippen LogP contribution in [0.3, 0.4) is 0 Å². The van der Waals surface area contributed by atoms with E-state index in [1.54, 1.807) is 6.08 Å². The topological polar surface area (TPSA) is 82.5 Å². The molecule has 2 rings (SSSR count). The van der Waals surface area contributed by atoms with E-state index in [0.29, 0.717) is 12.8 Å². The largest absolute Gasteiger partial charge is 0.390 e. The van der Waals surface area contributed by atoms with Crippen LogP contribution in [0.2, 0.25) is 0 Å². The highest BCUT2D eigenvalue weighted by Gasteiger charge is 2.33.